The molecule has 0 bridgehead atoms. The van der Waals surface area contributed by atoms with E-state index in [1.807, 2.05) is 30.3 Å². The summed E-state index contributed by atoms with van der Waals surface area (Å²) in [5.41, 5.74) is 1.03. The molecule has 0 radical (unpaired) electrons. The smallest absolute Gasteiger partial charge is 0.0664 e. The van der Waals surface area contributed by atoms with Crippen LogP contribution in [0, 0.1) is 11.8 Å². The molecule has 2 nitrogen and oxygen atoms in total. The third kappa shape index (κ3) is 5.55. The van der Waals surface area contributed by atoms with Gasteiger partial charge in [-0.05, 0) is 18.6 Å². The van der Waals surface area contributed by atoms with Gasteiger partial charge in [-0.1, -0.05) is 43.4 Å². The average Bonchev–Trinajstić information content (AvgIpc) is 2.30. The van der Waals surface area contributed by atoms with E-state index in [0.717, 1.165) is 18.4 Å². The normalized spacial score (nSPS) is 11.6. The summed E-state index contributed by atoms with van der Waals surface area (Å²) in [7, 11) is 0. The molecule has 1 aromatic rings. The van der Waals surface area contributed by atoms with E-state index < -0.39 is 0 Å². The number of nitrogens with one attached hydrogen (secondary N) is 1. The lowest BCUT2D eigenvalue weighted by molar-refractivity contribution is 0.162. The predicted molar refractivity (Wildman–Crippen MR) is 67.1 cm³/mol. The van der Waals surface area contributed by atoms with Gasteiger partial charge in [0.05, 0.1) is 12.6 Å². The molecule has 0 aliphatic carbocycles. The molecule has 1 aromatic carbocycles. The van der Waals surface area contributed by atoms with Gasteiger partial charge in [-0.25, -0.2) is 0 Å². The van der Waals surface area contributed by atoms with Gasteiger partial charge >= 0.3 is 0 Å². The lowest BCUT2D eigenvalue weighted by atomic mass is 10.2. The Morgan fingerprint density at radius 2 is 2.06 bits per heavy atom. The number of aliphatic hydroxyl groups excluding tert-OH is 1. The Bertz CT molecular complexity index is 337. The van der Waals surface area contributed by atoms with Crippen molar-refractivity contribution in [3.63, 3.8) is 0 Å². The van der Waals surface area contributed by atoms with Crippen molar-refractivity contribution >= 4 is 0 Å². The van der Waals surface area contributed by atoms with Crippen LogP contribution in [0.5, 0.6) is 0 Å². The van der Waals surface area contributed by atoms with E-state index in [-0.39, 0.29) is 6.10 Å². The molecule has 0 amide bonds. The fourth-order valence-electron chi connectivity index (χ4n) is 1.40. The molecule has 1 atom stereocenters. The highest BCUT2D eigenvalue weighted by Crippen LogP contribution is 1.94. The first-order valence-corrected chi connectivity index (χ1v) is 5.75. The van der Waals surface area contributed by atoms with Crippen LogP contribution in [0.25, 0.3) is 0 Å². The molecule has 0 fully saturated rings. The Kier molecular flexibility index (Phi) is 6.32. The Hall–Kier alpha value is -1.30. The fourth-order valence-corrected chi connectivity index (χ4v) is 1.40. The summed E-state index contributed by atoms with van der Waals surface area (Å²) in [6.45, 7) is 3.31. The highest BCUT2D eigenvalue weighted by Gasteiger charge is 1.99. The minimum absolute atomic E-state index is 0.247. The minimum Gasteiger partial charge on any atom is -0.392 e. The first-order valence-electron chi connectivity index (χ1n) is 5.75. The van der Waals surface area contributed by atoms with Crippen LogP contribution < -0.4 is 5.32 Å². The van der Waals surface area contributed by atoms with Crippen molar-refractivity contribution in [3.8, 4) is 11.8 Å². The summed E-state index contributed by atoms with van der Waals surface area (Å²) >= 11 is 0. The highest BCUT2D eigenvalue weighted by atomic mass is 16.3. The molecule has 0 heterocycles. The molecule has 16 heavy (non-hydrogen) atoms. The van der Waals surface area contributed by atoms with Gasteiger partial charge in [0.1, 0.15) is 0 Å². The van der Waals surface area contributed by atoms with Gasteiger partial charge in [0, 0.05) is 12.1 Å². The molecule has 0 aliphatic rings. The zero-order chi connectivity index (χ0) is 11.6. The van der Waals surface area contributed by atoms with Gasteiger partial charge in [-0.2, -0.15) is 0 Å². The van der Waals surface area contributed by atoms with Crippen molar-refractivity contribution in [1.82, 2.24) is 5.32 Å². The molecule has 2 heteroatoms. The van der Waals surface area contributed by atoms with Crippen molar-refractivity contribution in [2.24, 2.45) is 0 Å². The number of hydrogen-bond donors (Lipinski definition) is 2. The Morgan fingerprint density at radius 3 is 2.75 bits per heavy atom. The maximum absolute atomic E-state index is 9.45. The highest BCUT2D eigenvalue weighted by molar-refractivity contribution is 5.33. The molecular weight excluding hydrogens is 198 g/mol. The van der Waals surface area contributed by atoms with E-state index in [9.17, 15) is 5.11 Å². The van der Waals surface area contributed by atoms with Gasteiger partial charge in [-0.15, -0.1) is 0 Å². The van der Waals surface area contributed by atoms with E-state index in [2.05, 4.69) is 24.1 Å². The molecule has 0 saturated carbocycles. The summed E-state index contributed by atoms with van der Waals surface area (Å²) in [6, 6.07) is 9.90. The quantitative estimate of drug-likeness (QED) is 0.582. The fraction of sp³-hybridized carbons (Fsp3) is 0.429. The summed E-state index contributed by atoms with van der Waals surface area (Å²) < 4.78 is 0. The second kappa shape index (κ2) is 7.92. The van der Waals surface area contributed by atoms with Crippen LogP contribution in [0.1, 0.15) is 25.3 Å². The Balaban J connectivity index is 2.19. The number of aliphatic hydroxyl groups is 1. The van der Waals surface area contributed by atoms with Crippen LogP contribution in [0.3, 0.4) is 0 Å². The average molecular weight is 217 g/mol. The SMILES string of the molecule is CCCC(O)CNCC#Cc1ccccc1. The van der Waals surface area contributed by atoms with Gasteiger partial charge in [0.2, 0.25) is 0 Å². The van der Waals surface area contributed by atoms with Crippen LogP contribution in [0.2, 0.25) is 0 Å². The van der Waals surface area contributed by atoms with Crippen LogP contribution in [0.15, 0.2) is 30.3 Å². The second-order valence-corrected chi connectivity index (χ2v) is 3.74. The third-order valence-corrected chi connectivity index (χ3v) is 2.22. The molecule has 0 aromatic heterocycles. The first-order chi connectivity index (χ1) is 7.83. The predicted octanol–water partition coefficient (Wildman–Crippen LogP) is 1.79. The molecule has 0 aliphatic heterocycles. The van der Waals surface area contributed by atoms with Crippen molar-refractivity contribution in [1.29, 1.82) is 0 Å². The van der Waals surface area contributed by atoms with Gasteiger partial charge < -0.3 is 10.4 Å². The molecular formula is C14H19NO. The zero-order valence-corrected chi connectivity index (χ0v) is 9.74. The summed E-state index contributed by atoms with van der Waals surface area (Å²) in [4.78, 5) is 0. The molecule has 1 unspecified atom stereocenters. The summed E-state index contributed by atoms with van der Waals surface area (Å²) in [6.07, 6.45) is 1.61. The second-order valence-electron chi connectivity index (χ2n) is 3.74. The van der Waals surface area contributed by atoms with Crippen LogP contribution in [-0.4, -0.2) is 24.3 Å². The van der Waals surface area contributed by atoms with Gasteiger partial charge in [0.15, 0.2) is 0 Å². The number of rotatable bonds is 5. The van der Waals surface area contributed by atoms with E-state index in [1.165, 1.54) is 0 Å². The first kappa shape index (κ1) is 12.8. The van der Waals surface area contributed by atoms with Gasteiger partial charge in [0.25, 0.3) is 0 Å². The maximum Gasteiger partial charge on any atom is 0.0664 e. The summed E-state index contributed by atoms with van der Waals surface area (Å²) in [5, 5.41) is 12.6. The van der Waals surface area contributed by atoms with Crippen molar-refractivity contribution in [2.75, 3.05) is 13.1 Å². The molecule has 0 spiro atoms. The number of benzene rings is 1. The van der Waals surface area contributed by atoms with E-state index >= 15 is 0 Å². The van der Waals surface area contributed by atoms with E-state index in [0.29, 0.717) is 13.1 Å². The maximum atomic E-state index is 9.45. The lowest BCUT2D eigenvalue weighted by Gasteiger charge is -2.07. The van der Waals surface area contributed by atoms with Crippen LogP contribution in [0.4, 0.5) is 0 Å². The monoisotopic (exact) mass is 217 g/mol. The number of hydrogen-bond acceptors (Lipinski definition) is 2. The molecule has 0 saturated heterocycles. The lowest BCUT2D eigenvalue weighted by Crippen LogP contribution is -2.26. The van der Waals surface area contributed by atoms with Crippen LogP contribution in [-0.2, 0) is 0 Å². The van der Waals surface area contributed by atoms with Crippen molar-refractivity contribution < 1.29 is 5.11 Å². The summed E-state index contributed by atoms with van der Waals surface area (Å²) in [5.74, 6) is 6.08. The molecule has 86 valence electrons. The van der Waals surface area contributed by atoms with Gasteiger partial charge in [-0.3, -0.25) is 0 Å². The van der Waals surface area contributed by atoms with Crippen LogP contribution >= 0.6 is 0 Å². The zero-order valence-electron chi connectivity index (χ0n) is 9.74. The van der Waals surface area contributed by atoms with Crippen molar-refractivity contribution in [2.45, 2.75) is 25.9 Å². The van der Waals surface area contributed by atoms with E-state index in [1.54, 1.807) is 0 Å². The Labute approximate surface area is 97.7 Å². The molecule has 1 rings (SSSR count). The topological polar surface area (TPSA) is 32.3 Å². The standard InChI is InChI=1S/C14H19NO/c1-2-7-14(16)12-15-11-6-10-13-8-4-3-5-9-13/h3-5,8-9,14-16H,2,7,11-12H2,1H3. The largest absolute Gasteiger partial charge is 0.392 e. The minimum atomic E-state index is -0.247. The molecule has 2 N–H and O–H groups in total. The Morgan fingerprint density at radius 1 is 1.31 bits per heavy atom. The van der Waals surface area contributed by atoms with E-state index in [4.69, 9.17) is 0 Å². The van der Waals surface area contributed by atoms with Crippen molar-refractivity contribution in [3.05, 3.63) is 35.9 Å². The third-order valence-electron chi connectivity index (χ3n) is 2.22.